The summed E-state index contributed by atoms with van der Waals surface area (Å²) < 4.78 is 80.2. The Balaban J connectivity index is 2.12. The van der Waals surface area contributed by atoms with Gasteiger partial charge in [0.25, 0.3) is 5.69 Å². The number of amides is 1. The molecular formula is C18H14F6N2O4S. The molecule has 2 rings (SSSR count). The molecule has 0 heterocycles. The molecule has 31 heavy (non-hydrogen) atoms. The van der Waals surface area contributed by atoms with Crippen LogP contribution in [-0.4, -0.2) is 29.4 Å². The summed E-state index contributed by atoms with van der Waals surface area (Å²) in [4.78, 5) is 22.1. The molecule has 0 aliphatic heterocycles. The van der Waals surface area contributed by atoms with Gasteiger partial charge in [0.05, 0.1) is 26.8 Å². The third-order valence-corrected chi connectivity index (χ3v) is 4.71. The van der Waals surface area contributed by atoms with E-state index in [4.69, 9.17) is 4.74 Å². The van der Waals surface area contributed by atoms with Crippen LogP contribution in [0.25, 0.3) is 0 Å². The van der Waals surface area contributed by atoms with Gasteiger partial charge >= 0.3 is 12.4 Å². The first kappa shape index (κ1) is 24.3. The standard InChI is InChI=1S/C18H14F6N2O4S/c1-10-2-4-12(14(6-10)30-9-17(19,20)21)25-16(27)8-31-15-5-3-11(18(22,23)24)7-13(15)26(28)29/h2-7H,8-9H2,1H3,(H,25,27). The highest BCUT2D eigenvalue weighted by Gasteiger charge is 2.33. The zero-order valence-corrected chi connectivity index (χ0v) is 16.5. The van der Waals surface area contributed by atoms with E-state index in [9.17, 15) is 41.3 Å². The van der Waals surface area contributed by atoms with E-state index < -0.39 is 46.8 Å². The normalized spacial score (nSPS) is 11.8. The van der Waals surface area contributed by atoms with Crippen molar-refractivity contribution in [2.75, 3.05) is 17.7 Å². The number of nitro benzene ring substituents is 1. The lowest BCUT2D eigenvalue weighted by Gasteiger charge is -2.14. The molecule has 0 unspecified atom stereocenters. The number of hydrogen-bond donors (Lipinski definition) is 1. The maximum atomic E-state index is 12.7. The Morgan fingerprint density at radius 3 is 2.39 bits per heavy atom. The molecule has 2 aromatic rings. The van der Waals surface area contributed by atoms with Gasteiger partial charge in [-0.3, -0.25) is 14.9 Å². The van der Waals surface area contributed by atoms with E-state index in [0.29, 0.717) is 29.5 Å². The van der Waals surface area contributed by atoms with Gasteiger partial charge in [-0.1, -0.05) is 6.07 Å². The lowest BCUT2D eigenvalue weighted by Crippen LogP contribution is -2.21. The maximum absolute atomic E-state index is 12.7. The number of nitrogens with one attached hydrogen (secondary N) is 1. The number of thioether (sulfide) groups is 1. The Bertz CT molecular complexity index is 978. The van der Waals surface area contributed by atoms with Crippen molar-refractivity contribution in [3.05, 3.63) is 57.6 Å². The Hall–Kier alpha value is -2.96. The minimum Gasteiger partial charge on any atom is -0.482 e. The molecular weight excluding hydrogens is 454 g/mol. The van der Waals surface area contributed by atoms with Gasteiger partial charge in [0.2, 0.25) is 5.91 Å². The van der Waals surface area contributed by atoms with Crippen LogP contribution in [0, 0.1) is 17.0 Å². The first-order valence-corrected chi connectivity index (χ1v) is 9.33. The highest BCUT2D eigenvalue weighted by Crippen LogP contribution is 2.36. The SMILES string of the molecule is Cc1ccc(NC(=O)CSc2ccc(C(F)(F)F)cc2[N+](=O)[O-])c(OCC(F)(F)F)c1. The van der Waals surface area contributed by atoms with Crippen LogP contribution in [-0.2, 0) is 11.0 Å². The van der Waals surface area contributed by atoms with Crippen molar-refractivity contribution in [3.63, 3.8) is 0 Å². The van der Waals surface area contributed by atoms with Gasteiger partial charge < -0.3 is 10.1 Å². The first-order chi connectivity index (χ1) is 14.3. The second kappa shape index (κ2) is 9.45. The van der Waals surface area contributed by atoms with Gasteiger partial charge in [-0.25, -0.2) is 0 Å². The van der Waals surface area contributed by atoms with Crippen LogP contribution in [0.15, 0.2) is 41.3 Å². The molecule has 1 amide bonds. The van der Waals surface area contributed by atoms with E-state index in [0.717, 1.165) is 6.07 Å². The van der Waals surface area contributed by atoms with E-state index >= 15 is 0 Å². The molecule has 0 saturated carbocycles. The molecule has 0 fully saturated rings. The van der Waals surface area contributed by atoms with Crippen LogP contribution >= 0.6 is 11.8 Å². The second-order valence-corrected chi connectivity index (χ2v) is 7.19. The van der Waals surface area contributed by atoms with Crippen LogP contribution < -0.4 is 10.1 Å². The quantitative estimate of drug-likeness (QED) is 0.248. The minimum atomic E-state index is -4.77. The van der Waals surface area contributed by atoms with Crippen LogP contribution in [0.3, 0.4) is 0 Å². The number of nitrogens with zero attached hydrogens (tertiary/aromatic N) is 1. The van der Waals surface area contributed by atoms with Gasteiger partial charge in [0.15, 0.2) is 6.61 Å². The van der Waals surface area contributed by atoms with Gasteiger partial charge in [0, 0.05) is 6.07 Å². The smallest absolute Gasteiger partial charge is 0.422 e. The highest BCUT2D eigenvalue weighted by molar-refractivity contribution is 8.00. The molecule has 0 radical (unpaired) electrons. The molecule has 0 spiro atoms. The van der Waals surface area contributed by atoms with E-state index in [-0.39, 0.29) is 16.3 Å². The number of nitro groups is 1. The number of ether oxygens (including phenoxy) is 1. The molecule has 168 valence electrons. The zero-order valence-electron chi connectivity index (χ0n) is 15.6. The van der Waals surface area contributed by atoms with Crippen LogP contribution in [0.4, 0.5) is 37.7 Å². The fraction of sp³-hybridized carbons (Fsp3) is 0.278. The summed E-state index contributed by atoms with van der Waals surface area (Å²) >= 11 is 0.607. The highest BCUT2D eigenvalue weighted by atomic mass is 32.2. The Labute approximate surface area is 175 Å². The molecule has 0 aliphatic rings. The number of rotatable bonds is 7. The van der Waals surface area contributed by atoms with Gasteiger partial charge in [-0.05, 0) is 36.8 Å². The van der Waals surface area contributed by atoms with Crippen molar-refractivity contribution < 1.29 is 40.8 Å². The lowest BCUT2D eigenvalue weighted by molar-refractivity contribution is -0.388. The summed E-state index contributed by atoms with van der Waals surface area (Å²) in [6.45, 7) is 0.0253. The van der Waals surface area contributed by atoms with Gasteiger partial charge in [-0.2, -0.15) is 26.3 Å². The summed E-state index contributed by atoms with van der Waals surface area (Å²) in [6, 6.07) is 6.02. The molecule has 6 nitrogen and oxygen atoms in total. The zero-order chi connectivity index (χ0) is 23.4. The number of anilines is 1. The predicted molar refractivity (Wildman–Crippen MR) is 100 cm³/mol. The largest absolute Gasteiger partial charge is 0.482 e. The van der Waals surface area contributed by atoms with Gasteiger partial charge in [0.1, 0.15) is 5.75 Å². The average Bonchev–Trinajstić information content (AvgIpc) is 2.65. The van der Waals surface area contributed by atoms with Crippen LogP contribution in [0.2, 0.25) is 0 Å². The maximum Gasteiger partial charge on any atom is 0.422 e. The summed E-state index contributed by atoms with van der Waals surface area (Å²) in [5.41, 5.74) is -1.51. The summed E-state index contributed by atoms with van der Waals surface area (Å²) in [5, 5.41) is 13.4. The topological polar surface area (TPSA) is 81.5 Å². The Morgan fingerprint density at radius 1 is 1.13 bits per heavy atom. The Morgan fingerprint density at radius 2 is 1.81 bits per heavy atom. The molecule has 0 saturated heterocycles. The van der Waals surface area contributed by atoms with E-state index in [1.807, 2.05) is 0 Å². The summed E-state index contributed by atoms with van der Waals surface area (Å²) in [7, 11) is 0. The van der Waals surface area contributed by atoms with Crippen molar-refractivity contribution in [1.82, 2.24) is 0 Å². The Kier molecular flexibility index (Phi) is 7.41. The van der Waals surface area contributed by atoms with E-state index in [2.05, 4.69) is 5.32 Å². The second-order valence-electron chi connectivity index (χ2n) is 6.18. The van der Waals surface area contributed by atoms with Crippen LogP contribution in [0.5, 0.6) is 5.75 Å². The van der Waals surface area contributed by atoms with Crippen molar-refractivity contribution in [3.8, 4) is 5.75 Å². The van der Waals surface area contributed by atoms with Crippen LogP contribution in [0.1, 0.15) is 11.1 Å². The third kappa shape index (κ3) is 7.35. The predicted octanol–water partition coefficient (Wildman–Crippen LogP) is 5.59. The fourth-order valence-electron chi connectivity index (χ4n) is 2.30. The molecule has 13 heteroatoms. The average molecular weight is 468 g/mol. The molecule has 0 aromatic heterocycles. The van der Waals surface area contributed by atoms with E-state index in [1.54, 1.807) is 6.92 Å². The van der Waals surface area contributed by atoms with Crippen molar-refractivity contribution in [1.29, 1.82) is 0 Å². The van der Waals surface area contributed by atoms with Crippen molar-refractivity contribution in [2.45, 2.75) is 24.2 Å². The first-order valence-electron chi connectivity index (χ1n) is 8.35. The third-order valence-electron chi connectivity index (χ3n) is 3.64. The molecule has 0 aliphatic carbocycles. The summed E-state index contributed by atoms with van der Waals surface area (Å²) in [6.07, 6.45) is -9.37. The molecule has 1 N–H and O–H groups in total. The molecule has 2 aromatic carbocycles. The van der Waals surface area contributed by atoms with Crippen molar-refractivity contribution in [2.24, 2.45) is 0 Å². The lowest BCUT2D eigenvalue weighted by atomic mass is 10.2. The number of benzene rings is 2. The number of aryl methyl sites for hydroxylation is 1. The number of alkyl halides is 6. The monoisotopic (exact) mass is 468 g/mol. The number of carbonyl (C=O) groups is 1. The number of carbonyl (C=O) groups excluding carboxylic acids is 1. The van der Waals surface area contributed by atoms with Gasteiger partial charge in [-0.15, -0.1) is 11.8 Å². The number of halogens is 6. The fourth-order valence-corrected chi connectivity index (χ4v) is 3.10. The van der Waals surface area contributed by atoms with Crippen molar-refractivity contribution >= 4 is 29.0 Å². The minimum absolute atomic E-state index is 0.0534. The molecule has 0 atom stereocenters. The number of hydrogen-bond acceptors (Lipinski definition) is 5. The van der Waals surface area contributed by atoms with E-state index in [1.165, 1.54) is 18.2 Å². The summed E-state index contributed by atoms with van der Waals surface area (Å²) in [5.74, 6) is -1.42. The molecule has 0 bridgehead atoms.